The van der Waals surface area contributed by atoms with Crippen LogP contribution in [-0.2, 0) is 10.0 Å². The van der Waals surface area contributed by atoms with Crippen molar-refractivity contribution < 1.29 is 8.42 Å². The first-order valence-electron chi connectivity index (χ1n) is 6.55. The smallest absolute Gasteiger partial charge is 0.231 e. The van der Waals surface area contributed by atoms with Crippen LogP contribution in [0.3, 0.4) is 0 Å². The van der Waals surface area contributed by atoms with E-state index in [0.717, 1.165) is 16.7 Å². The zero-order valence-electron chi connectivity index (χ0n) is 12.1. The van der Waals surface area contributed by atoms with Crippen molar-refractivity contribution in [1.29, 1.82) is 0 Å². The number of hydrogen-bond donors (Lipinski definition) is 0. The van der Waals surface area contributed by atoms with E-state index < -0.39 is 10.0 Å². The van der Waals surface area contributed by atoms with E-state index >= 15 is 0 Å². The van der Waals surface area contributed by atoms with Gasteiger partial charge in [-0.2, -0.15) is 0 Å². The van der Waals surface area contributed by atoms with Crippen molar-refractivity contribution in [2.24, 2.45) is 5.92 Å². The predicted molar refractivity (Wildman–Crippen MR) is 88.4 cm³/mol. The summed E-state index contributed by atoms with van der Waals surface area (Å²) in [4.78, 5) is 0. The standard InChI is InChI=1S/C16H18ClNO2S/c1-12(2)16-11-18(21(3,19)20)10-14(16)7-4-13-5-8-15(17)9-6-13/h4-10,16H,1,11H2,2-3H3/b7-4+. The third-order valence-corrected chi connectivity index (χ3v) is 4.78. The Labute approximate surface area is 131 Å². The maximum absolute atomic E-state index is 11.7. The summed E-state index contributed by atoms with van der Waals surface area (Å²) >= 11 is 5.85. The minimum absolute atomic E-state index is 0.0308. The third-order valence-electron chi connectivity index (χ3n) is 3.42. The summed E-state index contributed by atoms with van der Waals surface area (Å²) in [6, 6.07) is 7.48. The van der Waals surface area contributed by atoms with E-state index in [1.807, 2.05) is 43.3 Å². The first-order chi connectivity index (χ1) is 9.77. The molecule has 1 aliphatic heterocycles. The van der Waals surface area contributed by atoms with Gasteiger partial charge >= 0.3 is 0 Å². The van der Waals surface area contributed by atoms with Crippen LogP contribution in [0.4, 0.5) is 0 Å². The van der Waals surface area contributed by atoms with Crippen LogP contribution in [0.15, 0.2) is 54.3 Å². The molecule has 3 nitrogen and oxygen atoms in total. The molecule has 2 rings (SSSR count). The lowest BCUT2D eigenvalue weighted by Gasteiger charge is -2.15. The molecule has 1 aromatic carbocycles. The quantitative estimate of drug-likeness (QED) is 0.792. The zero-order valence-corrected chi connectivity index (χ0v) is 13.7. The van der Waals surface area contributed by atoms with E-state index in [1.54, 1.807) is 6.20 Å². The van der Waals surface area contributed by atoms with Gasteiger partial charge in [-0.05, 0) is 30.2 Å². The van der Waals surface area contributed by atoms with Crippen molar-refractivity contribution in [1.82, 2.24) is 4.31 Å². The molecule has 0 spiro atoms. The maximum atomic E-state index is 11.7. The average Bonchev–Trinajstić information content (AvgIpc) is 2.82. The molecule has 0 bridgehead atoms. The Morgan fingerprint density at radius 3 is 2.48 bits per heavy atom. The zero-order chi connectivity index (χ0) is 15.6. The molecule has 0 fully saturated rings. The van der Waals surface area contributed by atoms with Gasteiger partial charge < -0.3 is 0 Å². The minimum Gasteiger partial charge on any atom is -0.276 e. The first kappa shape index (κ1) is 15.9. The highest BCUT2D eigenvalue weighted by atomic mass is 35.5. The molecule has 0 saturated heterocycles. The second kappa shape index (κ2) is 6.08. The molecule has 112 valence electrons. The summed E-state index contributed by atoms with van der Waals surface area (Å²) in [5.74, 6) is 0.0308. The normalized spacial score (nSPS) is 19.1. The van der Waals surface area contributed by atoms with Crippen molar-refractivity contribution in [2.45, 2.75) is 6.92 Å². The number of rotatable bonds is 4. The number of allylic oxidation sites excluding steroid dienone is 1. The van der Waals surface area contributed by atoms with Crippen LogP contribution >= 0.6 is 11.6 Å². The predicted octanol–water partition coefficient (Wildman–Crippen LogP) is 3.70. The highest BCUT2D eigenvalue weighted by molar-refractivity contribution is 7.88. The molecule has 1 aliphatic rings. The Morgan fingerprint density at radius 2 is 1.95 bits per heavy atom. The van der Waals surface area contributed by atoms with Gasteiger partial charge in [-0.1, -0.05) is 48.0 Å². The van der Waals surface area contributed by atoms with Gasteiger partial charge in [-0.3, -0.25) is 4.31 Å². The fourth-order valence-electron chi connectivity index (χ4n) is 2.19. The van der Waals surface area contributed by atoms with Crippen molar-refractivity contribution in [3.63, 3.8) is 0 Å². The van der Waals surface area contributed by atoms with Crippen LogP contribution in [0.1, 0.15) is 12.5 Å². The van der Waals surface area contributed by atoms with Gasteiger partial charge in [0.2, 0.25) is 10.0 Å². The molecule has 0 N–H and O–H groups in total. The van der Waals surface area contributed by atoms with Gasteiger partial charge in [0, 0.05) is 23.7 Å². The van der Waals surface area contributed by atoms with Crippen LogP contribution in [0.25, 0.3) is 6.08 Å². The van der Waals surface area contributed by atoms with Crippen molar-refractivity contribution in [3.8, 4) is 0 Å². The fraction of sp³-hybridized carbons (Fsp3) is 0.250. The monoisotopic (exact) mass is 323 g/mol. The lowest BCUT2D eigenvalue weighted by atomic mass is 9.95. The van der Waals surface area contributed by atoms with E-state index in [2.05, 4.69) is 6.58 Å². The highest BCUT2D eigenvalue weighted by Gasteiger charge is 2.28. The Bertz CT molecular complexity index is 702. The highest BCUT2D eigenvalue weighted by Crippen LogP contribution is 2.30. The maximum Gasteiger partial charge on any atom is 0.231 e. The van der Waals surface area contributed by atoms with Crippen molar-refractivity contribution in [3.05, 3.63) is 64.9 Å². The molecule has 0 saturated carbocycles. The second-order valence-electron chi connectivity index (χ2n) is 5.25. The molecule has 0 aromatic heterocycles. The van der Waals surface area contributed by atoms with Gasteiger partial charge in [0.15, 0.2) is 0 Å². The SMILES string of the molecule is C=C(C)C1CN(S(C)(=O)=O)C=C1/C=C/c1ccc(Cl)cc1. The van der Waals surface area contributed by atoms with E-state index in [1.165, 1.54) is 10.6 Å². The topological polar surface area (TPSA) is 37.4 Å². The molecule has 21 heavy (non-hydrogen) atoms. The third kappa shape index (κ3) is 3.99. The van der Waals surface area contributed by atoms with Crippen LogP contribution in [0, 0.1) is 5.92 Å². The Balaban J connectivity index is 2.26. The van der Waals surface area contributed by atoms with Crippen LogP contribution in [0.2, 0.25) is 5.02 Å². The van der Waals surface area contributed by atoms with Crippen LogP contribution in [-0.4, -0.2) is 25.5 Å². The largest absolute Gasteiger partial charge is 0.276 e. The van der Waals surface area contributed by atoms with Gasteiger partial charge in [-0.15, -0.1) is 0 Å². The number of benzene rings is 1. The lowest BCUT2D eigenvalue weighted by Crippen LogP contribution is -2.25. The van der Waals surface area contributed by atoms with E-state index in [0.29, 0.717) is 11.6 Å². The van der Waals surface area contributed by atoms with E-state index in [9.17, 15) is 8.42 Å². The summed E-state index contributed by atoms with van der Waals surface area (Å²) in [5.41, 5.74) is 2.91. The number of nitrogens with zero attached hydrogens (tertiary/aromatic N) is 1. The van der Waals surface area contributed by atoms with E-state index in [4.69, 9.17) is 11.6 Å². The van der Waals surface area contributed by atoms with Crippen molar-refractivity contribution in [2.75, 3.05) is 12.8 Å². The lowest BCUT2D eigenvalue weighted by molar-refractivity contribution is 0.502. The molecule has 0 aliphatic carbocycles. The molecule has 0 radical (unpaired) electrons. The number of halogens is 1. The summed E-state index contributed by atoms with van der Waals surface area (Å²) in [5, 5.41) is 0.690. The number of sulfonamides is 1. The van der Waals surface area contributed by atoms with Crippen LogP contribution in [0.5, 0.6) is 0 Å². The summed E-state index contributed by atoms with van der Waals surface area (Å²) in [6.45, 7) is 6.30. The van der Waals surface area contributed by atoms with E-state index in [-0.39, 0.29) is 5.92 Å². The minimum atomic E-state index is -3.23. The fourth-order valence-corrected chi connectivity index (χ4v) is 3.05. The molecular formula is C16H18ClNO2S. The summed E-state index contributed by atoms with van der Waals surface area (Å²) < 4.78 is 24.7. The Hall–Kier alpha value is -1.52. The molecule has 1 atom stereocenters. The molecule has 1 aromatic rings. The van der Waals surface area contributed by atoms with Gasteiger partial charge in [0.05, 0.1) is 6.26 Å². The summed E-state index contributed by atoms with van der Waals surface area (Å²) in [6.07, 6.45) is 6.78. The first-order valence-corrected chi connectivity index (χ1v) is 8.77. The molecule has 1 heterocycles. The van der Waals surface area contributed by atoms with Gasteiger partial charge in [-0.25, -0.2) is 8.42 Å². The molecule has 1 unspecified atom stereocenters. The molecular weight excluding hydrogens is 306 g/mol. The molecule has 5 heteroatoms. The van der Waals surface area contributed by atoms with Gasteiger partial charge in [0.25, 0.3) is 0 Å². The Kier molecular flexibility index (Phi) is 4.59. The average molecular weight is 324 g/mol. The van der Waals surface area contributed by atoms with Crippen molar-refractivity contribution >= 4 is 27.7 Å². The molecule has 0 amide bonds. The summed E-state index contributed by atoms with van der Waals surface area (Å²) in [7, 11) is -3.23. The number of hydrogen-bond acceptors (Lipinski definition) is 2. The van der Waals surface area contributed by atoms with Gasteiger partial charge in [0.1, 0.15) is 0 Å². The Morgan fingerprint density at radius 1 is 1.33 bits per heavy atom. The van der Waals surface area contributed by atoms with Crippen LogP contribution < -0.4 is 0 Å². The second-order valence-corrected chi connectivity index (χ2v) is 7.62.